The van der Waals surface area contributed by atoms with Crippen LogP contribution in [0.25, 0.3) is 0 Å². The molecule has 0 unspecified atom stereocenters. The van der Waals surface area contributed by atoms with E-state index in [0.29, 0.717) is 28.5 Å². The van der Waals surface area contributed by atoms with E-state index in [-0.39, 0.29) is 12.7 Å². The topological polar surface area (TPSA) is 69.2 Å². The van der Waals surface area contributed by atoms with Gasteiger partial charge in [0.25, 0.3) is 5.91 Å². The van der Waals surface area contributed by atoms with Crippen molar-refractivity contribution in [3.63, 3.8) is 0 Å². The Kier molecular flexibility index (Phi) is 4.14. The van der Waals surface area contributed by atoms with Crippen LogP contribution in [0.15, 0.2) is 47.6 Å². The highest BCUT2D eigenvalue weighted by atomic mass is 16.7. The highest BCUT2D eigenvalue weighted by Gasteiger charge is 2.15. The number of nitrogens with one attached hydrogen (secondary N) is 1. The molecule has 6 heteroatoms. The molecule has 2 aromatic rings. The van der Waals surface area contributed by atoms with E-state index in [9.17, 15) is 4.79 Å². The average Bonchev–Trinajstić information content (AvgIpc) is 3.06. The minimum atomic E-state index is -0.331. The summed E-state index contributed by atoms with van der Waals surface area (Å²) in [7, 11) is 1.52. The second-order valence-electron chi connectivity index (χ2n) is 4.91. The number of amides is 1. The molecule has 0 aliphatic carbocycles. The van der Waals surface area contributed by atoms with E-state index >= 15 is 0 Å². The van der Waals surface area contributed by atoms with E-state index in [4.69, 9.17) is 14.2 Å². The molecule has 0 saturated heterocycles. The third-order valence-electron chi connectivity index (χ3n) is 3.47. The van der Waals surface area contributed by atoms with Crippen molar-refractivity contribution in [1.82, 2.24) is 5.43 Å². The molecule has 1 heterocycles. The second kappa shape index (κ2) is 6.39. The number of hydrogen-bond acceptors (Lipinski definition) is 5. The summed E-state index contributed by atoms with van der Waals surface area (Å²) in [6, 6.07) is 12.5. The van der Waals surface area contributed by atoms with Crippen LogP contribution in [0.3, 0.4) is 0 Å². The smallest absolute Gasteiger partial charge is 0.275 e. The number of hydrazone groups is 1. The molecule has 23 heavy (non-hydrogen) atoms. The molecular formula is C17H16N2O4. The van der Waals surface area contributed by atoms with Crippen LogP contribution in [0, 0.1) is 0 Å². The number of rotatable bonds is 4. The van der Waals surface area contributed by atoms with Gasteiger partial charge in [0.15, 0.2) is 11.5 Å². The van der Waals surface area contributed by atoms with Gasteiger partial charge in [-0.15, -0.1) is 0 Å². The summed E-state index contributed by atoms with van der Waals surface area (Å²) in [5.41, 5.74) is 4.47. The third-order valence-corrected chi connectivity index (χ3v) is 3.47. The van der Waals surface area contributed by atoms with Crippen LogP contribution in [0.4, 0.5) is 0 Å². The van der Waals surface area contributed by atoms with Crippen molar-refractivity contribution in [2.24, 2.45) is 5.10 Å². The SMILES string of the molecule is COc1ccccc1C(=O)N/N=C(\C)c1ccc2c(c1)OCO2. The summed E-state index contributed by atoms with van der Waals surface area (Å²) >= 11 is 0. The van der Waals surface area contributed by atoms with Gasteiger partial charge in [-0.25, -0.2) is 5.43 Å². The molecule has 0 saturated carbocycles. The standard InChI is InChI=1S/C17H16N2O4/c1-11(12-7-8-15-16(9-12)23-10-22-15)18-19-17(20)13-5-3-4-6-14(13)21-2/h3-9H,10H2,1-2H3,(H,19,20)/b18-11+. The summed E-state index contributed by atoms with van der Waals surface area (Å²) in [6.07, 6.45) is 0. The summed E-state index contributed by atoms with van der Waals surface area (Å²) in [5.74, 6) is 1.55. The molecule has 2 aromatic carbocycles. The van der Waals surface area contributed by atoms with Gasteiger partial charge in [-0.05, 0) is 37.3 Å². The third kappa shape index (κ3) is 3.11. The second-order valence-corrected chi connectivity index (χ2v) is 4.91. The first-order valence-electron chi connectivity index (χ1n) is 7.06. The number of benzene rings is 2. The summed E-state index contributed by atoms with van der Waals surface area (Å²) in [4.78, 5) is 12.2. The number of para-hydroxylation sites is 1. The first-order chi connectivity index (χ1) is 11.2. The minimum absolute atomic E-state index is 0.222. The van der Waals surface area contributed by atoms with Gasteiger partial charge in [0.1, 0.15) is 5.75 Å². The Morgan fingerprint density at radius 3 is 2.78 bits per heavy atom. The molecular weight excluding hydrogens is 296 g/mol. The zero-order valence-electron chi connectivity index (χ0n) is 12.8. The number of carbonyl (C=O) groups excluding carboxylic acids is 1. The molecule has 6 nitrogen and oxygen atoms in total. The number of ether oxygens (including phenoxy) is 3. The van der Waals surface area contributed by atoms with Gasteiger partial charge in [-0.3, -0.25) is 4.79 Å². The molecule has 0 atom stereocenters. The lowest BCUT2D eigenvalue weighted by Crippen LogP contribution is -2.20. The predicted molar refractivity (Wildman–Crippen MR) is 85.2 cm³/mol. The minimum Gasteiger partial charge on any atom is -0.496 e. The van der Waals surface area contributed by atoms with Crippen LogP contribution in [0.1, 0.15) is 22.8 Å². The number of carbonyl (C=O) groups is 1. The molecule has 3 rings (SSSR count). The Hall–Kier alpha value is -3.02. The Labute approximate surface area is 133 Å². The fourth-order valence-corrected chi connectivity index (χ4v) is 2.21. The van der Waals surface area contributed by atoms with E-state index in [1.807, 2.05) is 18.2 Å². The normalized spacial score (nSPS) is 12.9. The van der Waals surface area contributed by atoms with Crippen LogP contribution < -0.4 is 19.6 Å². The van der Waals surface area contributed by atoms with Gasteiger partial charge in [0, 0.05) is 5.56 Å². The highest BCUT2D eigenvalue weighted by Crippen LogP contribution is 2.32. The molecule has 1 aliphatic rings. The van der Waals surface area contributed by atoms with E-state index in [1.165, 1.54) is 7.11 Å². The summed E-state index contributed by atoms with van der Waals surface area (Å²) < 4.78 is 15.8. The summed E-state index contributed by atoms with van der Waals surface area (Å²) in [5, 5.41) is 4.14. The molecule has 0 fully saturated rings. The van der Waals surface area contributed by atoms with E-state index in [1.54, 1.807) is 31.2 Å². The van der Waals surface area contributed by atoms with Crippen LogP contribution in [-0.2, 0) is 0 Å². The fourth-order valence-electron chi connectivity index (χ4n) is 2.21. The van der Waals surface area contributed by atoms with Gasteiger partial charge in [0.2, 0.25) is 6.79 Å². The van der Waals surface area contributed by atoms with Crippen molar-refractivity contribution in [2.75, 3.05) is 13.9 Å². The van der Waals surface area contributed by atoms with Crippen molar-refractivity contribution < 1.29 is 19.0 Å². The Morgan fingerprint density at radius 1 is 1.17 bits per heavy atom. The summed E-state index contributed by atoms with van der Waals surface area (Å²) in [6.45, 7) is 2.03. The van der Waals surface area contributed by atoms with Crippen molar-refractivity contribution >= 4 is 11.6 Å². The van der Waals surface area contributed by atoms with Crippen LogP contribution in [0.5, 0.6) is 17.2 Å². The zero-order chi connectivity index (χ0) is 16.2. The van der Waals surface area contributed by atoms with Crippen molar-refractivity contribution in [1.29, 1.82) is 0 Å². The van der Waals surface area contributed by atoms with E-state index < -0.39 is 0 Å². The molecule has 0 aromatic heterocycles. The molecule has 1 aliphatic heterocycles. The Balaban J connectivity index is 1.75. The maximum absolute atomic E-state index is 12.2. The number of hydrogen-bond donors (Lipinski definition) is 1. The Bertz CT molecular complexity index is 771. The van der Waals surface area contributed by atoms with Gasteiger partial charge in [0.05, 0.1) is 18.4 Å². The van der Waals surface area contributed by atoms with Crippen LogP contribution in [-0.4, -0.2) is 25.5 Å². The predicted octanol–water partition coefficient (Wildman–Crippen LogP) is 2.58. The van der Waals surface area contributed by atoms with Crippen LogP contribution >= 0.6 is 0 Å². The largest absolute Gasteiger partial charge is 0.496 e. The molecule has 1 amide bonds. The van der Waals surface area contributed by atoms with E-state index in [0.717, 1.165) is 5.56 Å². The highest BCUT2D eigenvalue weighted by molar-refractivity contribution is 6.02. The quantitative estimate of drug-likeness (QED) is 0.696. The maximum Gasteiger partial charge on any atom is 0.275 e. The Morgan fingerprint density at radius 2 is 1.96 bits per heavy atom. The van der Waals surface area contributed by atoms with Gasteiger partial charge >= 0.3 is 0 Å². The molecule has 118 valence electrons. The lowest BCUT2D eigenvalue weighted by atomic mass is 10.1. The van der Waals surface area contributed by atoms with Crippen molar-refractivity contribution in [3.8, 4) is 17.2 Å². The molecule has 0 bridgehead atoms. The lowest BCUT2D eigenvalue weighted by molar-refractivity contribution is 0.0952. The lowest BCUT2D eigenvalue weighted by Gasteiger charge is -2.07. The van der Waals surface area contributed by atoms with Crippen molar-refractivity contribution in [3.05, 3.63) is 53.6 Å². The van der Waals surface area contributed by atoms with Gasteiger partial charge < -0.3 is 14.2 Å². The molecule has 0 spiro atoms. The average molecular weight is 312 g/mol. The first kappa shape index (κ1) is 14.9. The number of methoxy groups -OCH3 is 1. The van der Waals surface area contributed by atoms with Crippen LogP contribution in [0.2, 0.25) is 0 Å². The fraction of sp³-hybridized carbons (Fsp3) is 0.176. The number of fused-ring (bicyclic) bond motifs is 1. The zero-order valence-corrected chi connectivity index (χ0v) is 12.8. The van der Waals surface area contributed by atoms with E-state index in [2.05, 4.69) is 10.5 Å². The number of nitrogens with zero attached hydrogens (tertiary/aromatic N) is 1. The van der Waals surface area contributed by atoms with Gasteiger partial charge in [-0.1, -0.05) is 12.1 Å². The molecule has 1 N–H and O–H groups in total. The first-order valence-corrected chi connectivity index (χ1v) is 7.06. The van der Waals surface area contributed by atoms with Gasteiger partial charge in [-0.2, -0.15) is 5.10 Å². The van der Waals surface area contributed by atoms with Crippen molar-refractivity contribution in [2.45, 2.75) is 6.92 Å². The maximum atomic E-state index is 12.2. The monoisotopic (exact) mass is 312 g/mol. The molecule has 0 radical (unpaired) electrons.